The number of hydrogen-bond acceptors (Lipinski definition) is 3. The third-order valence-electron chi connectivity index (χ3n) is 2.77. The summed E-state index contributed by atoms with van der Waals surface area (Å²) in [5.41, 5.74) is 6.18. The van der Waals surface area contributed by atoms with Gasteiger partial charge >= 0.3 is 0 Å². The Kier molecular flexibility index (Phi) is 2.98. The van der Waals surface area contributed by atoms with Gasteiger partial charge in [0.25, 0.3) is 0 Å². The molecule has 1 aromatic heterocycles. The number of hydrogen-bond donors (Lipinski definition) is 1. The summed E-state index contributed by atoms with van der Waals surface area (Å²) in [6.45, 7) is 4.45. The summed E-state index contributed by atoms with van der Waals surface area (Å²) in [5, 5.41) is 0. The van der Waals surface area contributed by atoms with Crippen LogP contribution in [-0.2, 0) is 5.41 Å². The zero-order valence-electron chi connectivity index (χ0n) is 9.90. The SMILES string of the molecule is CC(C)(CN)c1cnc(-c2ccc(F)cc2)o1. The second-order valence-electron chi connectivity index (χ2n) is 4.62. The number of aromatic nitrogens is 1. The molecule has 2 N–H and O–H groups in total. The van der Waals surface area contributed by atoms with Crippen LogP contribution >= 0.6 is 0 Å². The highest BCUT2D eigenvalue weighted by Gasteiger charge is 2.23. The maximum Gasteiger partial charge on any atom is 0.226 e. The van der Waals surface area contributed by atoms with Crippen molar-refractivity contribution < 1.29 is 8.81 Å². The molecule has 0 saturated carbocycles. The number of oxazole rings is 1. The van der Waals surface area contributed by atoms with Gasteiger partial charge in [-0.25, -0.2) is 9.37 Å². The van der Waals surface area contributed by atoms with Gasteiger partial charge in [0.1, 0.15) is 11.6 Å². The Hall–Kier alpha value is -1.68. The first-order valence-corrected chi connectivity index (χ1v) is 5.45. The molecule has 2 rings (SSSR count). The van der Waals surface area contributed by atoms with E-state index in [2.05, 4.69) is 4.98 Å². The normalized spacial score (nSPS) is 11.8. The van der Waals surface area contributed by atoms with E-state index in [-0.39, 0.29) is 11.2 Å². The van der Waals surface area contributed by atoms with Crippen molar-refractivity contribution in [3.05, 3.63) is 42.0 Å². The molecule has 0 fully saturated rings. The molecular weight excluding hydrogens is 219 g/mol. The van der Waals surface area contributed by atoms with Crippen molar-refractivity contribution in [2.45, 2.75) is 19.3 Å². The van der Waals surface area contributed by atoms with Gasteiger partial charge in [0.2, 0.25) is 5.89 Å². The molecule has 0 amide bonds. The first kappa shape index (κ1) is 11.8. The van der Waals surface area contributed by atoms with Crippen LogP contribution in [0.4, 0.5) is 4.39 Å². The monoisotopic (exact) mass is 234 g/mol. The summed E-state index contributed by atoms with van der Waals surface area (Å²) in [7, 11) is 0. The zero-order chi connectivity index (χ0) is 12.5. The third-order valence-corrected chi connectivity index (χ3v) is 2.77. The molecule has 0 saturated heterocycles. The molecule has 0 spiro atoms. The van der Waals surface area contributed by atoms with Gasteiger partial charge in [0.05, 0.1) is 6.20 Å². The molecule has 1 heterocycles. The number of halogens is 1. The van der Waals surface area contributed by atoms with E-state index in [1.54, 1.807) is 18.3 Å². The van der Waals surface area contributed by atoms with E-state index in [0.717, 1.165) is 11.3 Å². The van der Waals surface area contributed by atoms with Crippen LogP contribution in [0.5, 0.6) is 0 Å². The maximum atomic E-state index is 12.8. The number of nitrogens with two attached hydrogens (primary N) is 1. The predicted molar refractivity (Wildman–Crippen MR) is 64.0 cm³/mol. The van der Waals surface area contributed by atoms with Crippen molar-refractivity contribution in [1.82, 2.24) is 4.98 Å². The van der Waals surface area contributed by atoms with Crippen molar-refractivity contribution in [3.63, 3.8) is 0 Å². The third kappa shape index (κ3) is 2.36. The van der Waals surface area contributed by atoms with Crippen LogP contribution in [0.25, 0.3) is 11.5 Å². The number of benzene rings is 1. The van der Waals surface area contributed by atoms with Crippen LogP contribution in [0.1, 0.15) is 19.6 Å². The van der Waals surface area contributed by atoms with E-state index in [1.165, 1.54) is 12.1 Å². The van der Waals surface area contributed by atoms with E-state index >= 15 is 0 Å². The lowest BCUT2D eigenvalue weighted by Gasteiger charge is -2.17. The summed E-state index contributed by atoms with van der Waals surface area (Å²) in [5.74, 6) is 0.948. The highest BCUT2D eigenvalue weighted by atomic mass is 19.1. The van der Waals surface area contributed by atoms with Gasteiger partial charge in [-0.05, 0) is 24.3 Å². The lowest BCUT2D eigenvalue weighted by Crippen LogP contribution is -2.27. The van der Waals surface area contributed by atoms with Gasteiger partial charge in [-0.15, -0.1) is 0 Å². The van der Waals surface area contributed by atoms with Gasteiger partial charge < -0.3 is 10.2 Å². The first-order chi connectivity index (χ1) is 8.03. The van der Waals surface area contributed by atoms with Gasteiger partial charge in [0.15, 0.2) is 0 Å². The van der Waals surface area contributed by atoms with Crippen molar-refractivity contribution in [3.8, 4) is 11.5 Å². The lowest BCUT2D eigenvalue weighted by atomic mass is 9.91. The molecule has 2 aromatic rings. The maximum absolute atomic E-state index is 12.8. The van der Waals surface area contributed by atoms with Crippen LogP contribution in [0.3, 0.4) is 0 Å². The average Bonchev–Trinajstić information content (AvgIpc) is 2.80. The van der Waals surface area contributed by atoms with E-state index in [0.29, 0.717) is 12.4 Å². The fourth-order valence-electron chi connectivity index (χ4n) is 1.41. The molecule has 0 unspecified atom stereocenters. The molecular formula is C13H15FN2O. The summed E-state index contributed by atoms with van der Waals surface area (Å²) < 4.78 is 18.4. The van der Waals surface area contributed by atoms with Gasteiger partial charge in [-0.2, -0.15) is 0 Å². The molecule has 0 aliphatic carbocycles. The predicted octanol–water partition coefficient (Wildman–Crippen LogP) is 2.72. The minimum absolute atomic E-state index is 0.245. The largest absolute Gasteiger partial charge is 0.441 e. The fourth-order valence-corrected chi connectivity index (χ4v) is 1.41. The minimum atomic E-state index is -0.275. The Bertz CT molecular complexity index is 502. The average molecular weight is 234 g/mol. The minimum Gasteiger partial charge on any atom is -0.441 e. The van der Waals surface area contributed by atoms with Crippen molar-refractivity contribution >= 4 is 0 Å². The van der Waals surface area contributed by atoms with Crippen LogP contribution in [0, 0.1) is 5.82 Å². The highest BCUT2D eigenvalue weighted by Crippen LogP contribution is 2.26. The molecule has 0 bridgehead atoms. The van der Waals surface area contributed by atoms with Gasteiger partial charge in [-0.3, -0.25) is 0 Å². The quantitative estimate of drug-likeness (QED) is 0.888. The standard InChI is InChI=1S/C13H15FN2O/c1-13(2,8-15)11-7-16-12(17-11)9-3-5-10(14)6-4-9/h3-7H,8,15H2,1-2H3. The lowest BCUT2D eigenvalue weighted by molar-refractivity contribution is 0.397. The molecule has 17 heavy (non-hydrogen) atoms. The van der Waals surface area contributed by atoms with E-state index < -0.39 is 0 Å². The Balaban J connectivity index is 2.33. The molecule has 0 atom stereocenters. The Morgan fingerprint density at radius 1 is 1.29 bits per heavy atom. The smallest absolute Gasteiger partial charge is 0.226 e. The fraction of sp³-hybridized carbons (Fsp3) is 0.308. The molecule has 4 heteroatoms. The summed E-state index contributed by atoms with van der Waals surface area (Å²) in [6.07, 6.45) is 1.67. The van der Waals surface area contributed by atoms with Gasteiger partial charge in [0, 0.05) is 17.5 Å². The molecule has 0 radical (unpaired) electrons. The number of nitrogens with zero attached hydrogens (tertiary/aromatic N) is 1. The Labute approximate surface area is 99.5 Å². The van der Waals surface area contributed by atoms with Crippen molar-refractivity contribution in [2.75, 3.05) is 6.54 Å². The Morgan fingerprint density at radius 2 is 1.94 bits per heavy atom. The van der Waals surface area contributed by atoms with Crippen LogP contribution < -0.4 is 5.73 Å². The highest BCUT2D eigenvalue weighted by molar-refractivity contribution is 5.52. The van der Waals surface area contributed by atoms with E-state index in [9.17, 15) is 4.39 Å². The zero-order valence-corrected chi connectivity index (χ0v) is 9.90. The Morgan fingerprint density at radius 3 is 2.53 bits per heavy atom. The topological polar surface area (TPSA) is 52.0 Å². The van der Waals surface area contributed by atoms with Crippen LogP contribution in [-0.4, -0.2) is 11.5 Å². The van der Waals surface area contributed by atoms with Crippen LogP contribution in [0.15, 0.2) is 34.9 Å². The summed E-state index contributed by atoms with van der Waals surface area (Å²) in [4.78, 5) is 4.19. The molecule has 1 aromatic carbocycles. The molecule has 0 aliphatic rings. The van der Waals surface area contributed by atoms with E-state index in [4.69, 9.17) is 10.2 Å². The summed E-state index contributed by atoms with van der Waals surface area (Å²) >= 11 is 0. The van der Waals surface area contributed by atoms with Crippen LogP contribution in [0.2, 0.25) is 0 Å². The van der Waals surface area contributed by atoms with Gasteiger partial charge in [-0.1, -0.05) is 13.8 Å². The molecule has 3 nitrogen and oxygen atoms in total. The second-order valence-corrected chi connectivity index (χ2v) is 4.62. The molecule has 0 aliphatic heterocycles. The van der Waals surface area contributed by atoms with Crippen molar-refractivity contribution in [2.24, 2.45) is 5.73 Å². The first-order valence-electron chi connectivity index (χ1n) is 5.45. The summed E-state index contributed by atoms with van der Waals surface area (Å²) in [6, 6.07) is 6.04. The van der Waals surface area contributed by atoms with Crippen molar-refractivity contribution in [1.29, 1.82) is 0 Å². The van der Waals surface area contributed by atoms with E-state index in [1.807, 2.05) is 13.8 Å². The second kappa shape index (κ2) is 4.30. The molecule has 90 valence electrons. The number of rotatable bonds is 3.